The molecule has 6 heteroatoms. The Morgan fingerprint density at radius 2 is 1.83 bits per heavy atom. The minimum absolute atomic E-state index is 0.177. The van der Waals surface area contributed by atoms with Gasteiger partial charge in [-0.05, 0) is 37.5 Å². The van der Waals surface area contributed by atoms with Gasteiger partial charge in [0.1, 0.15) is 5.39 Å². The van der Waals surface area contributed by atoms with E-state index in [2.05, 4.69) is 53.1 Å². The van der Waals surface area contributed by atoms with Crippen molar-refractivity contribution in [2.75, 3.05) is 11.9 Å². The van der Waals surface area contributed by atoms with Crippen molar-refractivity contribution in [3.05, 3.63) is 82.3 Å². The molecular formula is C23H25N5O. The first-order valence-electron chi connectivity index (χ1n) is 9.88. The zero-order valence-corrected chi connectivity index (χ0v) is 17.0. The standard InChI is InChI=1S/C23H25N5O/c1-4-18(14-17-12-10-16(2)11-13-17)27(3)23-25-21-20(22(29)26-23)15-24-28(21)19-8-6-5-7-9-19/h5-13,15,18H,4,14H2,1-3H3,(H,25,26,29)/t18-/m1/s1. The van der Waals surface area contributed by atoms with Gasteiger partial charge in [-0.2, -0.15) is 10.1 Å². The highest BCUT2D eigenvalue weighted by Crippen LogP contribution is 2.19. The van der Waals surface area contributed by atoms with Gasteiger partial charge in [0.15, 0.2) is 5.65 Å². The highest BCUT2D eigenvalue weighted by Gasteiger charge is 2.19. The van der Waals surface area contributed by atoms with Crippen LogP contribution in [0, 0.1) is 6.92 Å². The number of rotatable bonds is 6. The molecule has 0 aliphatic heterocycles. The summed E-state index contributed by atoms with van der Waals surface area (Å²) in [6.07, 6.45) is 3.39. The van der Waals surface area contributed by atoms with Crippen LogP contribution in [0.3, 0.4) is 0 Å². The lowest BCUT2D eigenvalue weighted by Crippen LogP contribution is -2.35. The van der Waals surface area contributed by atoms with E-state index in [1.807, 2.05) is 37.4 Å². The Bertz CT molecular complexity index is 1160. The van der Waals surface area contributed by atoms with E-state index in [4.69, 9.17) is 4.98 Å². The van der Waals surface area contributed by atoms with Gasteiger partial charge in [-0.15, -0.1) is 0 Å². The van der Waals surface area contributed by atoms with E-state index < -0.39 is 0 Å². The van der Waals surface area contributed by atoms with Crippen molar-refractivity contribution < 1.29 is 0 Å². The van der Waals surface area contributed by atoms with Crippen LogP contribution in [0.4, 0.5) is 5.95 Å². The van der Waals surface area contributed by atoms with E-state index in [9.17, 15) is 4.79 Å². The number of nitrogens with one attached hydrogen (secondary N) is 1. The van der Waals surface area contributed by atoms with Gasteiger partial charge >= 0.3 is 0 Å². The second-order valence-electron chi connectivity index (χ2n) is 7.38. The quantitative estimate of drug-likeness (QED) is 0.545. The Labute approximate surface area is 169 Å². The fourth-order valence-corrected chi connectivity index (χ4v) is 3.56. The lowest BCUT2D eigenvalue weighted by atomic mass is 10.0. The molecule has 0 radical (unpaired) electrons. The Morgan fingerprint density at radius 3 is 2.52 bits per heavy atom. The molecule has 4 aromatic rings. The van der Waals surface area contributed by atoms with Crippen LogP contribution >= 0.6 is 0 Å². The average molecular weight is 387 g/mol. The predicted molar refractivity (Wildman–Crippen MR) is 117 cm³/mol. The van der Waals surface area contributed by atoms with Crippen LogP contribution in [0.2, 0.25) is 0 Å². The van der Waals surface area contributed by atoms with E-state index >= 15 is 0 Å². The Balaban J connectivity index is 1.70. The van der Waals surface area contributed by atoms with Crippen LogP contribution < -0.4 is 10.5 Å². The molecule has 2 heterocycles. The SMILES string of the molecule is CC[C@H](Cc1ccc(C)cc1)N(C)c1nc2c(cnn2-c2ccccc2)c(=O)[nH]1. The summed E-state index contributed by atoms with van der Waals surface area (Å²) in [6, 6.07) is 18.5. The minimum atomic E-state index is -0.177. The van der Waals surface area contributed by atoms with E-state index in [0.717, 1.165) is 18.5 Å². The number of aryl methyl sites for hydroxylation is 1. The van der Waals surface area contributed by atoms with Gasteiger partial charge in [0.2, 0.25) is 5.95 Å². The van der Waals surface area contributed by atoms with Gasteiger partial charge < -0.3 is 4.90 Å². The van der Waals surface area contributed by atoms with Crippen molar-refractivity contribution in [3.8, 4) is 5.69 Å². The fraction of sp³-hybridized carbons (Fsp3) is 0.261. The van der Waals surface area contributed by atoms with Crippen LogP contribution in [-0.2, 0) is 6.42 Å². The molecule has 0 saturated heterocycles. The predicted octanol–water partition coefficient (Wildman–Crippen LogP) is 3.87. The number of likely N-dealkylation sites (N-methyl/N-ethyl adjacent to an activating group) is 1. The molecule has 0 amide bonds. The first-order valence-corrected chi connectivity index (χ1v) is 9.88. The first-order chi connectivity index (χ1) is 14.1. The third kappa shape index (κ3) is 3.78. The van der Waals surface area contributed by atoms with Gasteiger partial charge in [-0.25, -0.2) is 4.68 Å². The van der Waals surface area contributed by atoms with Gasteiger partial charge in [0.25, 0.3) is 5.56 Å². The monoisotopic (exact) mass is 387 g/mol. The highest BCUT2D eigenvalue weighted by atomic mass is 16.1. The topological polar surface area (TPSA) is 66.8 Å². The number of nitrogens with zero attached hydrogens (tertiary/aromatic N) is 4. The average Bonchev–Trinajstić information content (AvgIpc) is 3.18. The first kappa shape index (κ1) is 18.9. The van der Waals surface area contributed by atoms with Crippen LogP contribution in [0.5, 0.6) is 0 Å². The molecule has 0 aliphatic carbocycles. The summed E-state index contributed by atoms with van der Waals surface area (Å²) in [7, 11) is 1.98. The molecule has 2 aromatic carbocycles. The molecule has 148 valence electrons. The molecule has 0 saturated carbocycles. The minimum Gasteiger partial charge on any atom is -0.342 e. The summed E-state index contributed by atoms with van der Waals surface area (Å²) in [5.74, 6) is 0.555. The van der Waals surface area contributed by atoms with Crippen molar-refractivity contribution >= 4 is 17.0 Å². The third-order valence-corrected chi connectivity index (χ3v) is 5.37. The van der Waals surface area contributed by atoms with Crippen molar-refractivity contribution in [2.45, 2.75) is 32.7 Å². The molecule has 0 unspecified atom stereocenters. The maximum atomic E-state index is 12.7. The van der Waals surface area contributed by atoms with Gasteiger partial charge in [0.05, 0.1) is 11.9 Å². The summed E-state index contributed by atoms with van der Waals surface area (Å²) >= 11 is 0. The second-order valence-corrected chi connectivity index (χ2v) is 7.38. The Hall–Kier alpha value is -3.41. The molecule has 29 heavy (non-hydrogen) atoms. The van der Waals surface area contributed by atoms with Crippen molar-refractivity contribution in [1.82, 2.24) is 19.7 Å². The van der Waals surface area contributed by atoms with E-state index in [0.29, 0.717) is 17.0 Å². The molecule has 1 atom stereocenters. The highest BCUT2D eigenvalue weighted by molar-refractivity contribution is 5.76. The molecule has 0 spiro atoms. The molecular weight excluding hydrogens is 362 g/mol. The van der Waals surface area contributed by atoms with Gasteiger partial charge in [0, 0.05) is 13.1 Å². The summed E-state index contributed by atoms with van der Waals surface area (Å²) in [6.45, 7) is 4.24. The largest absolute Gasteiger partial charge is 0.342 e. The maximum Gasteiger partial charge on any atom is 0.263 e. The second kappa shape index (κ2) is 7.91. The normalized spacial score (nSPS) is 12.2. The van der Waals surface area contributed by atoms with Crippen LogP contribution in [0.25, 0.3) is 16.7 Å². The number of para-hydroxylation sites is 1. The molecule has 2 aromatic heterocycles. The summed E-state index contributed by atoms with van der Waals surface area (Å²) in [4.78, 5) is 22.4. The molecule has 0 fully saturated rings. The van der Waals surface area contributed by atoms with Crippen LogP contribution in [0.1, 0.15) is 24.5 Å². The summed E-state index contributed by atoms with van der Waals surface area (Å²) in [5, 5.41) is 4.87. The van der Waals surface area contributed by atoms with Crippen molar-refractivity contribution in [2.24, 2.45) is 0 Å². The van der Waals surface area contributed by atoms with Gasteiger partial charge in [-0.1, -0.05) is 55.0 Å². The number of H-pyrrole nitrogens is 1. The van der Waals surface area contributed by atoms with Crippen LogP contribution in [0.15, 0.2) is 65.6 Å². The van der Waals surface area contributed by atoms with Crippen LogP contribution in [-0.4, -0.2) is 32.8 Å². The number of fused-ring (bicyclic) bond motifs is 1. The number of anilines is 1. The third-order valence-electron chi connectivity index (χ3n) is 5.37. The maximum absolute atomic E-state index is 12.7. The van der Waals surface area contributed by atoms with Gasteiger partial charge in [-0.3, -0.25) is 9.78 Å². The molecule has 0 aliphatic rings. The van der Waals surface area contributed by atoms with Crippen molar-refractivity contribution in [3.63, 3.8) is 0 Å². The van der Waals surface area contributed by atoms with E-state index in [-0.39, 0.29) is 11.6 Å². The number of aromatic amines is 1. The lowest BCUT2D eigenvalue weighted by Gasteiger charge is -2.28. The summed E-state index contributed by atoms with van der Waals surface area (Å²) < 4.78 is 1.71. The smallest absolute Gasteiger partial charge is 0.263 e. The summed E-state index contributed by atoms with van der Waals surface area (Å²) in [5.41, 5.74) is 3.78. The van der Waals surface area contributed by atoms with E-state index in [1.54, 1.807) is 10.9 Å². The molecule has 6 nitrogen and oxygen atoms in total. The molecule has 4 rings (SSSR count). The number of hydrogen-bond donors (Lipinski definition) is 1. The van der Waals surface area contributed by atoms with E-state index in [1.165, 1.54) is 11.1 Å². The number of benzene rings is 2. The molecule has 0 bridgehead atoms. The van der Waals surface area contributed by atoms with Crippen molar-refractivity contribution in [1.29, 1.82) is 0 Å². The zero-order valence-electron chi connectivity index (χ0n) is 17.0. The Kier molecular flexibility index (Phi) is 5.16. The number of hydrogen-bond acceptors (Lipinski definition) is 4. The number of aromatic nitrogens is 4. The fourth-order valence-electron chi connectivity index (χ4n) is 3.56. The zero-order chi connectivity index (χ0) is 20.4. The molecule has 1 N–H and O–H groups in total. The Morgan fingerprint density at radius 1 is 1.10 bits per heavy atom. The lowest BCUT2D eigenvalue weighted by molar-refractivity contribution is 0.594.